The summed E-state index contributed by atoms with van der Waals surface area (Å²) in [5, 5.41) is 3.52. The molecule has 100 valence electrons. The largest absolute Gasteiger partial charge is 0.496 e. The number of rotatable bonds is 7. The van der Waals surface area contributed by atoms with Crippen molar-refractivity contribution in [1.82, 2.24) is 5.32 Å². The molecule has 1 fully saturated rings. The maximum Gasteiger partial charge on any atom is 0.124 e. The lowest BCUT2D eigenvalue weighted by Gasteiger charge is -2.13. The van der Waals surface area contributed by atoms with Crippen LogP contribution in [0.5, 0.6) is 5.75 Å². The summed E-state index contributed by atoms with van der Waals surface area (Å²) in [6, 6.07) is 7.06. The molecule has 2 rings (SSSR count). The number of methoxy groups -OCH3 is 1. The first-order valence-electron chi connectivity index (χ1n) is 6.70. The van der Waals surface area contributed by atoms with Gasteiger partial charge in [-0.25, -0.2) is 0 Å². The van der Waals surface area contributed by atoms with Crippen molar-refractivity contribution in [3.63, 3.8) is 0 Å². The summed E-state index contributed by atoms with van der Waals surface area (Å²) in [6.07, 6.45) is 2.88. The van der Waals surface area contributed by atoms with Crippen molar-refractivity contribution in [1.29, 1.82) is 0 Å². The van der Waals surface area contributed by atoms with Crippen LogP contribution in [0.4, 0.5) is 0 Å². The Hall–Kier alpha value is -1.06. The molecule has 0 heterocycles. The summed E-state index contributed by atoms with van der Waals surface area (Å²) < 4.78 is 11.0. The Morgan fingerprint density at radius 2 is 2.11 bits per heavy atom. The van der Waals surface area contributed by atoms with E-state index in [-0.39, 0.29) is 6.10 Å². The fraction of sp³-hybridized carbons (Fsp3) is 0.600. The predicted molar refractivity (Wildman–Crippen MR) is 72.8 cm³/mol. The van der Waals surface area contributed by atoms with E-state index in [4.69, 9.17) is 9.47 Å². The van der Waals surface area contributed by atoms with E-state index in [0.717, 1.165) is 23.9 Å². The van der Waals surface area contributed by atoms with E-state index in [0.29, 0.717) is 6.61 Å². The fourth-order valence-electron chi connectivity index (χ4n) is 1.86. The average Bonchev–Trinajstić information content (AvgIpc) is 3.18. The minimum absolute atomic E-state index is 0.239. The summed E-state index contributed by atoms with van der Waals surface area (Å²) in [4.78, 5) is 0. The second-order valence-electron chi connectivity index (χ2n) is 5.16. The van der Waals surface area contributed by atoms with Crippen molar-refractivity contribution in [2.45, 2.75) is 52.0 Å². The highest BCUT2D eigenvalue weighted by atomic mass is 16.5. The molecule has 0 radical (unpaired) electrons. The van der Waals surface area contributed by atoms with Crippen molar-refractivity contribution in [3.8, 4) is 5.75 Å². The van der Waals surface area contributed by atoms with Crippen LogP contribution >= 0.6 is 0 Å². The Labute approximate surface area is 109 Å². The van der Waals surface area contributed by atoms with Gasteiger partial charge >= 0.3 is 0 Å². The Bertz CT molecular complexity index is 386. The molecule has 3 nitrogen and oxygen atoms in total. The Balaban J connectivity index is 2.00. The molecule has 1 aromatic carbocycles. The molecule has 0 saturated heterocycles. The lowest BCUT2D eigenvalue weighted by atomic mass is 10.1. The van der Waals surface area contributed by atoms with Crippen LogP contribution in [0, 0.1) is 0 Å². The second-order valence-corrected chi connectivity index (χ2v) is 5.16. The summed E-state index contributed by atoms with van der Waals surface area (Å²) in [5.74, 6) is 0.908. The smallest absolute Gasteiger partial charge is 0.124 e. The molecule has 1 aromatic rings. The normalized spacial score (nSPS) is 15.1. The first-order chi connectivity index (χ1) is 8.69. The fourth-order valence-corrected chi connectivity index (χ4v) is 1.86. The molecule has 1 N–H and O–H groups in total. The second kappa shape index (κ2) is 6.21. The van der Waals surface area contributed by atoms with Crippen LogP contribution in [-0.2, 0) is 17.9 Å². The van der Waals surface area contributed by atoms with E-state index < -0.39 is 0 Å². The third-order valence-electron chi connectivity index (χ3n) is 3.09. The number of benzene rings is 1. The van der Waals surface area contributed by atoms with E-state index in [1.807, 2.05) is 19.9 Å². The van der Waals surface area contributed by atoms with Gasteiger partial charge in [-0.3, -0.25) is 0 Å². The van der Waals surface area contributed by atoms with Gasteiger partial charge in [-0.05, 0) is 44.4 Å². The minimum Gasteiger partial charge on any atom is -0.496 e. The molecular formula is C15H23NO2. The van der Waals surface area contributed by atoms with Crippen molar-refractivity contribution >= 4 is 0 Å². The SMILES string of the molecule is COc1ccc(CNC2CC2)cc1COC(C)C. The first-order valence-corrected chi connectivity index (χ1v) is 6.70. The van der Waals surface area contributed by atoms with Crippen molar-refractivity contribution < 1.29 is 9.47 Å². The molecule has 0 amide bonds. The molecule has 3 heteroatoms. The van der Waals surface area contributed by atoms with E-state index >= 15 is 0 Å². The van der Waals surface area contributed by atoms with Crippen LogP contribution in [-0.4, -0.2) is 19.3 Å². The zero-order valence-corrected chi connectivity index (χ0v) is 11.5. The maximum atomic E-state index is 5.66. The molecule has 18 heavy (non-hydrogen) atoms. The number of nitrogens with one attached hydrogen (secondary N) is 1. The molecular weight excluding hydrogens is 226 g/mol. The monoisotopic (exact) mass is 249 g/mol. The highest BCUT2D eigenvalue weighted by Crippen LogP contribution is 2.23. The lowest BCUT2D eigenvalue weighted by Crippen LogP contribution is -2.15. The topological polar surface area (TPSA) is 30.5 Å². The average molecular weight is 249 g/mol. The van der Waals surface area contributed by atoms with Crippen LogP contribution in [0.15, 0.2) is 18.2 Å². The van der Waals surface area contributed by atoms with Gasteiger partial charge in [-0.2, -0.15) is 0 Å². The number of hydrogen-bond donors (Lipinski definition) is 1. The summed E-state index contributed by atoms with van der Waals surface area (Å²) in [5.41, 5.74) is 2.42. The molecule has 0 unspecified atom stereocenters. The van der Waals surface area contributed by atoms with Crippen LogP contribution < -0.4 is 10.1 Å². The van der Waals surface area contributed by atoms with Gasteiger partial charge < -0.3 is 14.8 Å². The molecule has 0 spiro atoms. The van der Waals surface area contributed by atoms with Crippen LogP contribution in [0.2, 0.25) is 0 Å². The molecule has 0 aromatic heterocycles. The van der Waals surface area contributed by atoms with Crippen LogP contribution in [0.1, 0.15) is 37.8 Å². The zero-order valence-electron chi connectivity index (χ0n) is 11.5. The van der Waals surface area contributed by atoms with Gasteiger partial charge in [0.05, 0.1) is 19.8 Å². The molecule has 0 bridgehead atoms. The molecule has 0 atom stereocenters. The van der Waals surface area contributed by atoms with Gasteiger partial charge in [-0.1, -0.05) is 6.07 Å². The standard InChI is InChI=1S/C15H23NO2/c1-11(2)18-10-13-8-12(4-7-15(13)17-3)9-16-14-5-6-14/h4,7-8,11,14,16H,5-6,9-10H2,1-3H3. The van der Waals surface area contributed by atoms with Crippen LogP contribution in [0.25, 0.3) is 0 Å². The van der Waals surface area contributed by atoms with Gasteiger partial charge in [0.25, 0.3) is 0 Å². The summed E-state index contributed by atoms with van der Waals surface area (Å²) in [7, 11) is 1.70. The van der Waals surface area contributed by atoms with Crippen molar-refractivity contribution in [3.05, 3.63) is 29.3 Å². The first kappa shape index (κ1) is 13.4. The van der Waals surface area contributed by atoms with E-state index in [1.165, 1.54) is 18.4 Å². The third-order valence-corrected chi connectivity index (χ3v) is 3.09. The Morgan fingerprint density at radius 3 is 2.72 bits per heavy atom. The van der Waals surface area contributed by atoms with Gasteiger partial charge in [0, 0.05) is 18.2 Å². The van der Waals surface area contributed by atoms with Crippen molar-refractivity contribution in [2.75, 3.05) is 7.11 Å². The van der Waals surface area contributed by atoms with Gasteiger partial charge in [-0.15, -0.1) is 0 Å². The van der Waals surface area contributed by atoms with Gasteiger partial charge in [0.1, 0.15) is 5.75 Å². The Kier molecular flexibility index (Phi) is 4.61. The van der Waals surface area contributed by atoms with Gasteiger partial charge in [0.15, 0.2) is 0 Å². The Morgan fingerprint density at radius 1 is 1.33 bits per heavy atom. The van der Waals surface area contributed by atoms with E-state index in [1.54, 1.807) is 7.11 Å². The molecule has 1 saturated carbocycles. The van der Waals surface area contributed by atoms with E-state index in [2.05, 4.69) is 17.4 Å². The quantitative estimate of drug-likeness (QED) is 0.806. The van der Waals surface area contributed by atoms with Crippen molar-refractivity contribution in [2.24, 2.45) is 0 Å². The minimum atomic E-state index is 0.239. The highest BCUT2D eigenvalue weighted by Gasteiger charge is 2.20. The molecule has 1 aliphatic rings. The van der Waals surface area contributed by atoms with E-state index in [9.17, 15) is 0 Å². The third kappa shape index (κ3) is 4.00. The molecule has 1 aliphatic carbocycles. The van der Waals surface area contributed by atoms with Gasteiger partial charge in [0.2, 0.25) is 0 Å². The maximum absolute atomic E-state index is 5.66. The predicted octanol–water partition coefficient (Wildman–Crippen LogP) is 2.87. The lowest BCUT2D eigenvalue weighted by molar-refractivity contribution is 0.0644. The summed E-state index contributed by atoms with van der Waals surface area (Å²) >= 11 is 0. The number of hydrogen-bond acceptors (Lipinski definition) is 3. The molecule has 0 aliphatic heterocycles. The summed E-state index contributed by atoms with van der Waals surface area (Å²) in [6.45, 7) is 5.64. The van der Waals surface area contributed by atoms with Crippen LogP contribution in [0.3, 0.4) is 0 Å². The number of ether oxygens (including phenoxy) is 2. The zero-order chi connectivity index (χ0) is 13.0. The highest BCUT2D eigenvalue weighted by molar-refractivity contribution is 5.37.